The first-order valence-electron chi connectivity index (χ1n) is 5.79. The quantitative estimate of drug-likeness (QED) is 0.722. The smallest absolute Gasteiger partial charge is 0.194 e. The van der Waals surface area contributed by atoms with Gasteiger partial charge in [-0.05, 0) is 25.7 Å². The first-order chi connectivity index (χ1) is 6.77. The number of rotatable bonds is 2. The van der Waals surface area contributed by atoms with E-state index < -0.39 is 0 Å². The molecule has 1 aliphatic heterocycles. The van der Waals surface area contributed by atoms with Crippen LogP contribution in [-0.4, -0.2) is 37.0 Å². The number of hydrogen-bond donors (Lipinski definition) is 1. The van der Waals surface area contributed by atoms with Crippen molar-refractivity contribution in [3.8, 4) is 0 Å². The van der Waals surface area contributed by atoms with Crippen LogP contribution in [0.15, 0.2) is 4.99 Å². The van der Waals surface area contributed by atoms with Crippen molar-refractivity contribution in [3.05, 3.63) is 0 Å². The fourth-order valence-corrected chi connectivity index (χ4v) is 2.47. The molecule has 1 aliphatic carbocycles. The average Bonchev–Trinajstić information content (AvgIpc) is 2.77. The minimum absolute atomic E-state index is 0.594. The first-order valence-corrected chi connectivity index (χ1v) is 5.79. The monoisotopic (exact) mass is 195 g/mol. The van der Waals surface area contributed by atoms with Crippen molar-refractivity contribution in [2.75, 3.05) is 20.1 Å². The molecule has 2 rings (SSSR count). The molecule has 0 radical (unpaired) electrons. The molecule has 0 amide bonds. The van der Waals surface area contributed by atoms with Gasteiger partial charge in [-0.25, -0.2) is 0 Å². The largest absolute Gasteiger partial charge is 0.354 e. The molecule has 0 saturated heterocycles. The Morgan fingerprint density at radius 3 is 2.71 bits per heavy atom. The topological polar surface area (TPSA) is 27.6 Å². The number of nitrogens with zero attached hydrogens (tertiary/aromatic N) is 2. The van der Waals surface area contributed by atoms with E-state index in [-0.39, 0.29) is 0 Å². The van der Waals surface area contributed by atoms with Gasteiger partial charge < -0.3 is 10.2 Å². The van der Waals surface area contributed by atoms with Gasteiger partial charge in [0.2, 0.25) is 0 Å². The summed E-state index contributed by atoms with van der Waals surface area (Å²) in [5, 5.41) is 3.55. The highest BCUT2D eigenvalue weighted by Gasteiger charge is 2.23. The summed E-state index contributed by atoms with van der Waals surface area (Å²) in [5.74, 6) is 1.97. The SMILES string of the molecule is CC(NC1=NCCN1C)C1CCCC1. The van der Waals surface area contributed by atoms with Gasteiger partial charge in [-0.2, -0.15) is 0 Å². The second kappa shape index (κ2) is 4.20. The van der Waals surface area contributed by atoms with Crippen LogP contribution in [0.5, 0.6) is 0 Å². The Bertz CT molecular complexity index is 219. The van der Waals surface area contributed by atoms with E-state index in [2.05, 4.69) is 29.2 Å². The van der Waals surface area contributed by atoms with Crippen molar-refractivity contribution in [1.29, 1.82) is 0 Å². The number of aliphatic imine (C=N–C) groups is 1. The molecule has 0 aromatic carbocycles. The molecule has 1 N–H and O–H groups in total. The predicted molar refractivity (Wildman–Crippen MR) is 59.5 cm³/mol. The van der Waals surface area contributed by atoms with Gasteiger partial charge in [-0.1, -0.05) is 12.8 Å². The summed E-state index contributed by atoms with van der Waals surface area (Å²) in [7, 11) is 2.11. The molecule has 3 nitrogen and oxygen atoms in total. The number of hydrogen-bond acceptors (Lipinski definition) is 3. The van der Waals surface area contributed by atoms with Crippen LogP contribution < -0.4 is 5.32 Å². The highest BCUT2D eigenvalue weighted by molar-refractivity contribution is 5.81. The highest BCUT2D eigenvalue weighted by Crippen LogP contribution is 2.27. The molecule has 14 heavy (non-hydrogen) atoms. The summed E-state index contributed by atoms with van der Waals surface area (Å²) in [6, 6.07) is 0.594. The Morgan fingerprint density at radius 2 is 2.14 bits per heavy atom. The van der Waals surface area contributed by atoms with E-state index >= 15 is 0 Å². The molecule has 1 atom stereocenters. The summed E-state index contributed by atoms with van der Waals surface area (Å²) in [6.45, 7) is 4.32. The Morgan fingerprint density at radius 1 is 1.43 bits per heavy atom. The minimum Gasteiger partial charge on any atom is -0.354 e. The molecule has 2 aliphatic rings. The van der Waals surface area contributed by atoms with Crippen LogP contribution in [-0.2, 0) is 0 Å². The maximum absolute atomic E-state index is 4.46. The van der Waals surface area contributed by atoms with Crippen LogP contribution in [0.2, 0.25) is 0 Å². The molecule has 0 aromatic heterocycles. The van der Waals surface area contributed by atoms with Crippen LogP contribution in [0, 0.1) is 5.92 Å². The first kappa shape index (κ1) is 9.81. The van der Waals surface area contributed by atoms with Crippen LogP contribution in [0.4, 0.5) is 0 Å². The lowest BCUT2D eigenvalue weighted by Gasteiger charge is -2.24. The van der Waals surface area contributed by atoms with Gasteiger partial charge in [0.15, 0.2) is 5.96 Å². The molecular formula is C11H21N3. The van der Waals surface area contributed by atoms with Gasteiger partial charge >= 0.3 is 0 Å². The Labute approximate surface area is 86.6 Å². The van der Waals surface area contributed by atoms with Crippen LogP contribution in [0.25, 0.3) is 0 Å². The lowest BCUT2D eigenvalue weighted by molar-refractivity contribution is 0.408. The van der Waals surface area contributed by atoms with Gasteiger partial charge in [0.25, 0.3) is 0 Å². The number of nitrogens with one attached hydrogen (secondary N) is 1. The van der Waals surface area contributed by atoms with Gasteiger partial charge in [-0.15, -0.1) is 0 Å². The second-order valence-electron chi connectivity index (χ2n) is 4.60. The van der Waals surface area contributed by atoms with Gasteiger partial charge in [0.05, 0.1) is 6.54 Å². The molecule has 0 spiro atoms. The second-order valence-corrected chi connectivity index (χ2v) is 4.60. The Kier molecular flexibility index (Phi) is 2.94. The molecule has 1 saturated carbocycles. The molecule has 3 heteroatoms. The van der Waals surface area contributed by atoms with Gasteiger partial charge in [0.1, 0.15) is 0 Å². The van der Waals surface area contributed by atoms with E-state index in [1.807, 2.05) is 0 Å². The summed E-state index contributed by atoms with van der Waals surface area (Å²) < 4.78 is 0. The minimum atomic E-state index is 0.594. The fourth-order valence-electron chi connectivity index (χ4n) is 2.47. The van der Waals surface area contributed by atoms with Crippen molar-refractivity contribution in [2.45, 2.75) is 38.6 Å². The zero-order chi connectivity index (χ0) is 9.97. The third-order valence-electron chi connectivity index (χ3n) is 3.52. The molecular weight excluding hydrogens is 174 g/mol. The van der Waals surface area contributed by atoms with E-state index in [4.69, 9.17) is 0 Å². The summed E-state index contributed by atoms with van der Waals surface area (Å²) in [4.78, 5) is 6.67. The van der Waals surface area contributed by atoms with E-state index in [1.165, 1.54) is 25.7 Å². The Hall–Kier alpha value is -0.730. The molecule has 1 fully saturated rings. The number of likely N-dealkylation sites (N-methyl/N-ethyl adjacent to an activating group) is 1. The number of guanidine groups is 1. The zero-order valence-corrected chi connectivity index (χ0v) is 9.29. The van der Waals surface area contributed by atoms with E-state index in [0.29, 0.717) is 6.04 Å². The van der Waals surface area contributed by atoms with E-state index in [1.54, 1.807) is 0 Å². The summed E-state index contributed by atoms with van der Waals surface area (Å²) >= 11 is 0. The third-order valence-corrected chi connectivity index (χ3v) is 3.52. The standard InChI is InChI=1S/C11H21N3/c1-9(10-5-3-4-6-10)13-11-12-7-8-14(11)2/h9-10H,3-8H2,1-2H3,(H,12,13). The summed E-state index contributed by atoms with van der Waals surface area (Å²) in [6.07, 6.45) is 5.62. The average molecular weight is 195 g/mol. The van der Waals surface area contributed by atoms with Gasteiger partial charge in [-0.3, -0.25) is 4.99 Å². The van der Waals surface area contributed by atoms with Crippen molar-refractivity contribution >= 4 is 5.96 Å². The maximum atomic E-state index is 4.46. The van der Waals surface area contributed by atoms with Crippen molar-refractivity contribution < 1.29 is 0 Å². The van der Waals surface area contributed by atoms with Crippen molar-refractivity contribution in [1.82, 2.24) is 10.2 Å². The van der Waals surface area contributed by atoms with Crippen LogP contribution in [0.3, 0.4) is 0 Å². The lowest BCUT2D eigenvalue weighted by Crippen LogP contribution is -2.43. The fraction of sp³-hybridized carbons (Fsp3) is 0.909. The van der Waals surface area contributed by atoms with Crippen molar-refractivity contribution in [3.63, 3.8) is 0 Å². The van der Waals surface area contributed by atoms with Crippen molar-refractivity contribution in [2.24, 2.45) is 10.9 Å². The molecule has 80 valence electrons. The van der Waals surface area contributed by atoms with Gasteiger partial charge in [0, 0.05) is 19.6 Å². The normalized spacial score (nSPS) is 25.3. The molecule has 0 bridgehead atoms. The third kappa shape index (κ3) is 2.02. The van der Waals surface area contributed by atoms with Crippen LogP contribution in [0.1, 0.15) is 32.6 Å². The Balaban J connectivity index is 1.84. The molecule has 0 aromatic rings. The van der Waals surface area contributed by atoms with Crippen LogP contribution >= 0.6 is 0 Å². The van der Waals surface area contributed by atoms with E-state index in [0.717, 1.165) is 25.0 Å². The highest BCUT2D eigenvalue weighted by atomic mass is 15.3. The zero-order valence-electron chi connectivity index (χ0n) is 9.29. The van der Waals surface area contributed by atoms with E-state index in [9.17, 15) is 0 Å². The summed E-state index contributed by atoms with van der Waals surface area (Å²) in [5.41, 5.74) is 0. The lowest BCUT2D eigenvalue weighted by atomic mass is 10.0. The maximum Gasteiger partial charge on any atom is 0.194 e. The molecule has 1 heterocycles. The molecule has 1 unspecified atom stereocenters. The predicted octanol–water partition coefficient (Wildman–Crippen LogP) is 1.46.